The zero-order valence-electron chi connectivity index (χ0n) is 29.6. The summed E-state index contributed by atoms with van der Waals surface area (Å²) in [5.41, 5.74) is -6.62. The molecule has 3 rings (SSSR count). The zero-order chi connectivity index (χ0) is 36.7. The fourth-order valence-corrected chi connectivity index (χ4v) is 7.20. The summed E-state index contributed by atoms with van der Waals surface area (Å²) in [6.07, 6.45) is -7.99. The molecule has 0 saturated heterocycles. The van der Waals surface area contributed by atoms with Crippen LogP contribution in [0.15, 0.2) is 35.5 Å². The molecule has 42 heavy (non-hydrogen) atoms. The number of halogens is 6. The van der Waals surface area contributed by atoms with Crippen molar-refractivity contribution in [3.63, 3.8) is 0 Å². The van der Waals surface area contributed by atoms with Crippen molar-refractivity contribution in [3.8, 4) is 11.8 Å². The Hall–Kier alpha value is -1.80. The standard InChI is InChI=1S/C32H44F6O4/c1-20-23(18-24(39)19-27(20)40)12-11-22-9-6-16-29(4)25(13-14-26(22)29)21(8-5-15-28(2,3)41)10-7-17-30(42,31(33,34)35)32(36,37)38/h11-12,21,24-27,39-42H,1,5-6,8-10,13-16,18-19H2,2-4H3/t21-,24+,25?,26?,27-,29+/m0/s1/i2D3,3D3. The van der Waals surface area contributed by atoms with E-state index < -0.39 is 73.6 Å². The average Bonchev–Trinajstić information content (AvgIpc) is 3.28. The number of rotatable bonds is 7. The minimum atomic E-state index is -6.14. The maximum absolute atomic E-state index is 13.3. The van der Waals surface area contributed by atoms with Crippen molar-refractivity contribution in [1.29, 1.82) is 0 Å². The molecule has 0 radical (unpaired) electrons. The van der Waals surface area contributed by atoms with E-state index in [9.17, 15) is 46.8 Å². The summed E-state index contributed by atoms with van der Waals surface area (Å²) in [4.78, 5) is 0. The van der Waals surface area contributed by atoms with Gasteiger partial charge in [-0.3, -0.25) is 0 Å². The highest BCUT2D eigenvalue weighted by molar-refractivity contribution is 5.38. The van der Waals surface area contributed by atoms with E-state index in [2.05, 4.69) is 6.58 Å². The Kier molecular flexibility index (Phi) is 8.02. The molecule has 0 aromatic heterocycles. The van der Waals surface area contributed by atoms with E-state index in [-0.39, 0.29) is 31.1 Å². The van der Waals surface area contributed by atoms with Crippen LogP contribution in [0.2, 0.25) is 0 Å². The Morgan fingerprint density at radius 2 is 1.76 bits per heavy atom. The van der Waals surface area contributed by atoms with E-state index in [4.69, 9.17) is 8.22 Å². The van der Waals surface area contributed by atoms with Crippen LogP contribution in [0.1, 0.15) is 99.5 Å². The molecular weight excluding hydrogens is 562 g/mol. The minimum absolute atomic E-state index is 0.0424. The van der Waals surface area contributed by atoms with E-state index in [0.717, 1.165) is 11.5 Å². The molecule has 0 aromatic rings. The second-order valence-corrected chi connectivity index (χ2v) is 12.4. The first kappa shape index (κ1) is 26.6. The van der Waals surface area contributed by atoms with Crippen LogP contribution >= 0.6 is 0 Å². The molecular formula is C32H44F6O4. The van der Waals surface area contributed by atoms with Gasteiger partial charge in [0.1, 0.15) is 0 Å². The molecule has 0 heterocycles. The molecule has 0 aromatic carbocycles. The summed E-state index contributed by atoms with van der Waals surface area (Å²) >= 11 is 0. The highest BCUT2D eigenvalue weighted by atomic mass is 19.4. The molecule has 0 bridgehead atoms. The van der Waals surface area contributed by atoms with Crippen molar-refractivity contribution in [2.24, 2.45) is 23.2 Å². The van der Waals surface area contributed by atoms with Crippen molar-refractivity contribution in [3.05, 3.63) is 35.5 Å². The van der Waals surface area contributed by atoms with Gasteiger partial charge in [0.15, 0.2) is 0 Å². The van der Waals surface area contributed by atoms with Gasteiger partial charge in [0.25, 0.3) is 0 Å². The molecule has 2 unspecified atom stereocenters. The molecule has 0 spiro atoms. The van der Waals surface area contributed by atoms with Crippen molar-refractivity contribution in [2.75, 3.05) is 0 Å². The van der Waals surface area contributed by atoms with Gasteiger partial charge >= 0.3 is 18.0 Å². The van der Waals surface area contributed by atoms with Crippen molar-refractivity contribution < 1.29 is 55.0 Å². The summed E-state index contributed by atoms with van der Waals surface area (Å²) in [5, 5.41) is 40.6. The summed E-state index contributed by atoms with van der Waals surface area (Å²) in [6, 6.07) is 0. The van der Waals surface area contributed by atoms with Crippen LogP contribution in [0.3, 0.4) is 0 Å². The van der Waals surface area contributed by atoms with E-state index in [1.54, 1.807) is 0 Å². The lowest BCUT2D eigenvalue weighted by atomic mass is 9.60. The first-order valence-corrected chi connectivity index (χ1v) is 14.2. The van der Waals surface area contributed by atoms with Gasteiger partial charge in [0, 0.05) is 21.1 Å². The number of aliphatic hydroxyl groups excluding tert-OH is 2. The maximum Gasteiger partial charge on any atom is 0.438 e. The van der Waals surface area contributed by atoms with Crippen LogP contribution in [-0.4, -0.2) is 56.2 Å². The second-order valence-electron chi connectivity index (χ2n) is 12.4. The zero-order valence-corrected chi connectivity index (χ0v) is 23.6. The largest absolute Gasteiger partial charge is 0.438 e. The second kappa shape index (κ2) is 12.7. The van der Waals surface area contributed by atoms with Gasteiger partial charge in [-0.2, -0.15) is 26.3 Å². The quantitative estimate of drug-likeness (QED) is 0.186. The van der Waals surface area contributed by atoms with Crippen LogP contribution < -0.4 is 0 Å². The smallest absolute Gasteiger partial charge is 0.393 e. The molecule has 10 heteroatoms. The van der Waals surface area contributed by atoms with Crippen molar-refractivity contribution in [2.45, 2.75) is 127 Å². The van der Waals surface area contributed by atoms with Gasteiger partial charge in [-0.15, -0.1) is 0 Å². The Morgan fingerprint density at radius 1 is 1.10 bits per heavy atom. The molecule has 3 saturated carbocycles. The monoisotopic (exact) mass is 612 g/mol. The molecule has 6 atom stereocenters. The molecule has 3 aliphatic rings. The van der Waals surface area contributed by atoms with Crippen molar-refractivity contribution in [1.82, 2.24) is 0 Å². The minimum Gasteiger partial charge on any atom is -0.393 e. The predicted molar refractivity (Wildman–Crippen MR) is 148 cm³/mol. The summed E-state index contributed by atoms with van der Waals surface area (Å²) in [6.45, 7) is -0.707. The lowest BCUT2D eigenvalue weighted by Crippen LogP contribution is -2.55. The Balaban J connectivity index is 1.97. The van der Waals surface area contributed by atoms with Gasteiger partial charge in [0.05, 0.1) is 17.8 Å². The molecule has 4 nitrogen and oxygen atoms in total. The third kappa shape index (κ3) is 7.64. The third-order valence-electron chi connectivity index (χ3n) is 9.44. The Bertz CT molecular complexity index is 1280. The topological polar surface area (TPSA) is 80.9 Å². The Morgan fingerprint density at radius 3 is 2.38 bits per heavy atom. The summed E-state index contributed by atoms with van der Waals surface area (Å²) < 4.78 is 126. The van der Waals surface area contributed by atoms with Crippen LogP contribution in [-0.2, 0) is 0 Å². The predicted octanol–water partition coefficient (Wildman–Crippen LogP) is 6.93. The summed E-state index contributed by atoms with van der Waals surface area (Å²) in [5.74, 6) is 1.83. The summed E-state index contributed by atoms with van der Waals surface area (Å²) in [7, 11) is 0. The van der Waals surface area contributed by atoms with Crippen molar-refractivity contribution >= 4 is 0 Å². The van der Waals surface area contributed by atoms with E-state index in [1.807, 2.05) is 25.0 Å². The lowest BCUT2D eigenvalue weighted by molar-refractivity contribution is -0.343. The SMILES string of the molecule is [2H]C([2H])([2H])C(O)(CCC[C@@H](CC#CC(O)(C(F)(F)F)C(F)(F)F)C1CCC2C(=CC=C3C[C@@H](O)C[C@H](O)C3=C)CCC[C@@]21C)C([2H])([2H])[2H]. The fourth-order valence-electron chi connectivity index (χ4n) is 7.20. The van der Waals surface area contributed by atoms with Crippen LogP contribution in [0, 0.1) is 35.0 Å². The average molecular weight is 613 g/mol. The molecule has 3 aliphatic carbocycles. The van der Waals surface area contributed by atoms with Crippen LogP contribution in [0.4, 0.5) is 26.3 Å². The number of hydrogen-bond donors (Lipinski definition) is 4. The first-order valence-electron chi connectivity index (χ1n) is 17.2. The van der Waals surface area contributed by atoms with Gasteiger partial charge < -0.3 is 20.4 Å². The first-order chi connectivity index (χ1) is 21.7. The van der Waals surface area contributed by atoms with Gasteiger partial charge in [-0.1, -0.05) is 43.6 Å². The highest BCUT2D eigenvalue weighted by Crippen LogP contribution is 2.60. The molecule has 0 aliphatic heterocycles. The maximum atomic E-state index is 13.3. The molecule has 0 amide bonds. The fraction of sp³-hybridized carbons (Fsp3) is 0.750. The molecule has 238 valence electrons. The lowest BCUT2D eigenvalue weighted by Gasteiger charge is -2.45. The number of hydrogen-bond acceptors (Lipinski definition) is 4. The van der Waals surface area contributed by atoms with E-state index >= 15 is 0 Å². The Labute approximate surface area is 253 Å². The number of fused-ring (bicyclic) bond motifs is 1. The van der Waals surface area contributed by atoms with Gasteiger partial charge in [-0.25, -0.2) is 0 Å². The van der Waals surface area contributed by atoms with Gasteiger partial charge in [-0.05, 0) is 105 Å². The van der Waals surface area contributed by atoms with Crippen LogP contribution in [0.5, 0.6) is 0 Å². The van der Waals surface area contributed by atoms with Gasteiger partial charge in [0.2, 0.25) is 0 Å². The number of allylic oxidation sites excluding steroid dienone is 3. The van der Waals surface area contributed by atoms with E-state index in [1.165, 1.54) is 0 Å². The van der Waals surface area contributed by atoms with Crippen LogP contribution in [0.25, 0.3) is 0 Å². The third-order valence-corrected chi connectivity index (χ3v) is 9.44. The highest BCUT2D eigenvalue weighted by Gasteiger charge is 2.70. The number of aliphatic hydroxyl groups is 4. The normalized spacial score (nSPS) is 34.8. The number of alkyl halides is 6. The molecule has 4 N–H and O–H groups in total. The van der Waals surface area contributed by atoms with E-state index in [0.29, 0.717) is 49.7 Å². The molecule has 3 fully saturated rings.